The molecule has 1 aliphatic heterocycles. The molecule has 0 N–H and O–H groups in total. The molecule has 0 saturated heterocycles. The summed E-state index contributed by atoms with van der Waals surface area (Å²) in [5.74, 6) is 1.05. The number of hydrogen-bond donors (Lipinski definition) is 0. The van der Waals surface area contributed by atoms with Gasteiger partial charge in [-0.15, -0.1) is 0 Å². The van der Waals surface area contributed by atoms with Crippen LogP contribution in [0.1, 0.15) is 45.1 Å². The summed E-state index contributed by atoms with van der Waals surface area (Å²) >= 11 is 13.6. The van der Waals surface area contributed by atoms with Crippen LogP contribution in [0, 0.1) is 0 Å². The number of para-hydroxylation sites is 1. The number of carbonyl (C=O) groups is 1. The number of thiazole rings is 1. The Kier molecular flexibility index (Phi) is 8.03. The lowest BCUT2D eigenvalue weighted by atomic mass is 9.95. The molecule has 4 aromatic rings. The van der Waals surface area contributed by atoms with Crippen LogP contribution in [0.3, 0.4) is 0 Å². The van der Waals surface area contributed by atoms with E-state index in [9.17, 15) is 9.59 Å². The average molecular weight is 598 g/mol. The highest BCUT2D eigenvalue weighted by Gasteiger charge is 2.35. The van der Waals surface area contributed by atoms with Crippen LogP contribution in [0.4, 0.5) is 0 Å². The second-order valence-electron chi connectivity index (χ2n) is 9.33. The van der Waals surface area contributed by atoms with Crippen LogP contribution in [-0.2, 0) is 9.53 Å². The minimum Gasteiger partial charge on any atom is -0.491 e. The van der Waals surface area contributed by atoms with E-state index < -0.39 is 12.0 Å². The van der Waals surface area contributed by atoms with Crippen molar-refractivity contribution in [1.29, 1.82) is 0 Å². The molecule has 0 amide bonds. The van der Waals surface area contributed by atoms with E-state index in [1.54, 1.807) is 50.3 Å². The van der Waals surface area contributed by atoms with E-state index >= 15 is 0 Å². The predicted octanol–water partition coefficient (Wildman–Crippen LogP) is 6.15. The first kappa shape index (κ1) is 28.0. The summed E-state index contributed by atoms with van der Waals surface area (Å²) in [5.41, 5.74) is 1.80. The van der Waals surface area contributed by atoms with Crippen LogP contribution in [0.2, 0.25) is 10.0 Å². The number of halogens is 2. The van der Waals surface area contributed by atoms with Crippen molar-refractivity contribution >= 4 is 46.6 Å². The Hall–Kier alpha value is -3.59. The second kappa shape index (κ2) is 11.5. The molecule has 0 radical (unpaired) electrons. The van der Waals surface area contributed by atoms with E-state index in [0.717, 1.165) is 0 Å². The SMILES string of the molecule is CCOC(=O)C1=C(C)N=c2s/c(=C\c3ccc(-c4ccc(Cl)cc4Cl)o3)c(=O)n2[C@@H]1c1ccccc1OC(C)C. The van der Waals surface area contributed by atoms with Crippen molar-refractivity contribution in [1.82, 2.24) is 4.57 Å². The fourth-order valence-corrected chi connectivity index (χ4v) is 6.08. The monoisotopic (exact) mass is 596 g/mol. The first-order valence-electron chi connectivity index (χ1n) is 12.7. The molecule has 206 valence electrons. The lowest BCUT2D eigenvalue weighted by molar-refractivity contribution is -0.139. The van der Waals surface area contributed by atoms with Crippen molar-refractivity contribution in [2.75, 3.05) is 6.61 Å². The molecular formula is C30H26Cl2N2O5S. The molecule has 2 aromatic carbocycles. The second-order valence-corrected chi connectivity index (χ2v) is 11.2. The first-order valence-corrected chi connectivity index (χ1v) is 14.3. The molecule has 0 aliphatic carbocycles. The summed E-state index contributed by atoms with van der Waals surface area (Å²) in [6.07, 6.45) is 1.55. The molecule has 0 unspecified atom stereocenters. The summed E-state index contributed by atoms with van der Waals surface area (Å²) in [7, 11) is 0. The number of esters is 1. The molecule has 0 bridgehead atoms. The maximum absolute atomic E-state index is 13.9. The first-order chi connectivity index (χ1) is 19.2. The molecule has 40 heavy (non-hydrogen) atoms. The van der Waals surface area contributed by atoms with E-state index in [2.05, 4.69) is 4.99 Å². The number of carbonyl (C=O) groups excluding carboxylic acids is 1. The topological polar surface area (TPSA) is 83.0 Å². The van der Waals surface area contributed by atoms with Crippen LogP contribution in [-0.4, -0.2) is 23.2 Å². The maximum Gasteiger partial charge on any atom is 0.338 e. The van der Waals surface area contributed by atoms with Gasteiger partial charge >= 0.3 is 5.97 Å². The highest BCUT2D eigenvalue weighted by molar-refractivity contribution is 7.07. The molecule has 2 aromatic heterocycles. The molecule has 3 heterocycles. The third-order valence-electron chi connectivity index (χ3n) is 6.19. The van der Waals surface area contributed by atoms with E-state index in [-0.39, 0.29) is 18.3 Å². The van der Waals surface area contributed by atoms with Gasteiger partial charge in [0.2, 0.25) is 0 Å². The van der Waals surface area contributed by atoms with E-state index in [1.165, 1.54) is 15.9 Å². The van der Waals surface area contributed by atoms with Crippen molar-refractivity contribution < 1.29 is 18.7 Å². The number of hydrogen-bond acceptors (Lipinski definition) is 7. The van der Waals surface area contributed by atoms with Crippen LogP contribution in [0.25, 0.3) is 17.4 Å². The molecule has 5 rings (SSSR count). The standard InChI is InChI=1S/C30H26Cl2N2O5S/c1-5-37-29(36)26-17(4)33-30-34(27(26)21-8-6-7-9-23(21)38-16(2)3)28(35)25(40-30)15-19-11-13-24(39-19)20-12-10-18(31)14-22(20)32/h6-16,27H,5H2,1-4H3/b25-15-/t27-/m1/s1. The Bertz CT molecular complexity index is 1820. The Labute approximate surface area is 244 Å². The largest absolute Gasteiger partial charge is 0.491 e. The zero-order valence-electron chi connectivity index (χ0n) is 22.2. The zero-order valence-corrected chi connectivity index (χ0v) is 24.6. The van der Waals surface area contributed by atoms with Gasteiger partial charge in [0.15, 0.2) is 4.80 Å². The number of furan rings is 1. The number of nitrogens with zero attached hydrogens (tertiary/aromatic N) is 2. The van der Waals surface area contributed by atoms with Gasteiger partial charge in [-0.05, 0) is 64.1 Å². The quantitative estimate of drug-likeness (QED) is 0.239. The molecule has 7 nitrogen and oxygen atoms in total. The number of benzene rings is 2. The number of fused-ring (bicyclic) bond motifs is 1. The van der Waals surface area contributed by atoms with Gasteiger partial charge in [0.1, 0.15) is 23.3 Å². The van der Waals surface area contributed by atoms with Crippen LogP contribution in [0.15, 0.2) is 80.1 Å². The van der Waals surface area contributed by atoms with Crippen LogP contribution in [0.5, 0.6) is 5.75 Å². The number of rotatable bonds is 7. The van der Waals surface area contributed by atoms with Gasteiger partial charge in [0, 0.05) is 22.2 Å². The minimum absolute atomic E-state index is 0.115. The molecule has 1 atom stereocenters. The van der Waals surface area contributed by atoms with Gasteiger partial charge < -0.3 is 13.9 Å². The maximum atomic E-state index is 13.9. The van der Waals surface area contributed by atoms with Gasteiger partial charge in [-0.1, -0.05) is 52.7 Å². The predicted molar refractivity (Wildman–Crippen MR) is 157 cm³/mol. The van der Waals surface area contributed by atoms with Crippen LogP contribution < -0.4 is 19.6 Å². The Balaban J connectivity index is 1.66. The van der Waals surface area contributed by atoms with Gasteiger partial charge in [-0.25, -0.2) is 9.79 Å². The van der Waals surface area contributed by atoms with Crippen LogP contribution >= 0.6 is 34.5 Å². The fourth-order valence-electron chi connectivity index (χ4n) is 4.55. The average Bonchev–Trinajstić information content (AvgIpc) is 3.47. The zero-order chi connectivity index (χ0) is 28.6. The molecular weight excluding hydrogens is 571 g/mol. The molecule has 0 saturated carbocycles. The van der Waals surface area contributed by atoms with Crippen molar-refractivity contribution in [2.24, 2.45) is 4.99 Å². The Morgan fingerprint density at radius 2 is 1.95 bits per heavy atom. The lowest BCUT2D eigenvalue weighted by Gasteiger charge is -2.26. The summed E-state index contributed by atoms with van der Waals surface area (Å²) in [6, 6.07) is 15.3. The summed E-state index contributed by atoms with van der Waals surface area (Å²) < 4.78 is 19.4. The summed E-state index contributed by atoms with van der Waals surface area (Å²) in [6.45, 7) is 7.52. The highest BCUT2D eigenvalue weighted by Crippen LogP contribution is 2.36. The Morgan fingerprint density at radius 1 is 1.18 bits per heavy atom. The number of aromatic nitrogens is 1. The summed E-state index contributed by atoms with van der Waals surface area (Å²) in [5, 5.41) is 0.978. The molecule has 10 heteroatoms. The third-order valence-corrected chi connectivity index (χ3v) is 7.72. The van der Waals surface area contributed by atoms with Crippen molar-refractivity contribution in [3.05, 3.63) is 107 Å². The van der Waals surface area contributed by atoms with Gasteiger partial charge in [-0.3, -0.25) is 9.36 Å². The number of allylic oxidation sites excluding steroid dienone is 1. The smallest absolute Gasteiger partial charge is 0.338 e. The fraction of sp³-hybridized carbons (Fsp3) is 0.233. The molecule has 0 spiro atoms. The van der Waals surface area contributed by atoms with Gasteiger partial charge in [0.05, 0.1) is 33.5 Å². The molecule has 1 aliphatic rings. The minimum atomic E-state index is -0.785. The van der Waals surface area contributed by atoms with E-state index in [0.29, 0.717) is 59.0 Å². The van der Waals surface area contributed by atoms with E-state index in [1.807, 2.05) is 38.1 Å². The number of ether oxygens (including phenoxy) is 2. The summed E-state index contributed by atoms with van der Waals surface area (Å²) in [4.78, 5) is 32.2. The lowest BCUT2D eigenvalue weighted by Crippen LogP contribution is -2.40. The molecule has 0 fully saturated rings. The van der Waals surface area contributed by atoms with Crippen molar-refractivity contribution in [3.8, 4) is 17.1 Å². The Morgan fingerprint density at radius 3 is 2.67 bits per heavy atom. The highest BCUT2D eigenvalue weighted by atomic mass is 35.5. The van der Waals surface area contributed by atoms with Crippen molar-refractivity contribution in [3.63, 3.8) is 0 Å². The normalized spacial score (nSPS) is 15.3. The van der Waals surface area contributed by atoms with Gasteiger partial charge in [0.25, 0.3) is 5.56 Å². The van der Waals surface area contributed by atoms with Gasteiger partial charge in [-0.2, -0.15) is 0 Å². The van der Waals surface area contributed by atoms with E-state index in [4.69, 9.17) is 37.1 Å². The third kappa shape index (κ3) is 5.39. The van der Waals surface area contributed by atoms with Crippen molar-refractivity contribution in [2.45, 2.75) is 39.8 Å².